The summed E-state index contributed by atoms with van der Waals surface area (Å²) in [5, 5.41) is 3.40. The molecule has 0 saturated carbocycles. The first kappa shape index (κ1) is 13.1. The van der Waals surface area contributed by atoms with Crippen molar-refractivity contribution in [2.24, 2.45) is 0 Å². The van der Waals surface area contributed by atoms with Crippen LogP contribution >= 0.6 is 0 Å². The van der Waals surface area contributed by atoms with Gasteiger partial charge >= 0.3 is 0 Å². The average molecular weight is 256 g/mol. The third-order valence-corrected chi connectivity index (χ3v) is 2.88. The largest absolute Gasteiger partial charge is 0.338 e. The van der Waals surface area contributed by atoms with Crippen molar-refractivity contribution in [3.63, 3.8) is 0 Å². The lowest BCUT2D eigenvalue weighted by Gasteiger charge is -2.40. The number of alkyl halides is 2. The molecule has 1 aliphatic heterocycles. The van der Waals surface area contributed by atoms with Crippen LogP contribution in [0.1, 0.15) is 26.3 Å². The van der Waals surface area contributed by atoms with Gasteiger partial charge in [-0.05, 0) is 0 Å². The Morgan fingerprint density at radius 1 is 1.33 bits per heavy atom. The molecule has 100 valence electrons. The maximum atomic E-state index is 13.0. The van der Waals surface area contributed by atoms with Crippen molar-refractivity contribution in [1.29, 1.82) is 0 Å². The minimum absolute atomic E-state index is 0.149. The molecule has 0 spiro atoms. The van der Waals surface area contributed by atoms with Crippen LogP contribution in [0.2, 0.25) is 0 Å². The zero-order chi connectivity index (χ0) is 13.3. The van der Waals surface area contributed by atoms with Gasteiger partial charge in [-0.3, -0.25) is 0 Å². The minimum Gasteiger partial charge on any atom is -0.338 e. The van der Waals surface area contributed by atoms with E-state index in [1.165, 1.54) is 12.4 Å². The van der Waals surface area contributed by atoms with Crippen molar-refractivity contribution in [2.45, 2.75) is 38.8 Å². The Labute approximate surface area is 105 Å². The van der Waals surface area contributed by atoms with E-state index in [-0.39, 0.29) is 5.56 Å². The fourth-order valence-electron chi connectivity index (χ4n) is 1.93. The SMILES string of the molecule is CC(C)NC1CN(c2ncc(C(C)(F)F)cn2)C1. The second-order valence-electron chi connectivity index (χ2n) is 5.08. The summed E-state index contributed by atoms with van der Waals surface area (Å²) in [4.78, 5) is 9.95. The number of halogens is 2. The predicted molar refractivity (Wildman–Crippen MR) is 65.9 cm³/mol. The van der Waals surface area contributed by atoms with Gasteiger partial charge in [0.25, 0.3) is 5.92 Å². The Morgan fingerprint density at radius 2 is 1.89 bits per heavy atom. The molecular weight excluding hydrogens is 238 g/mol. The Bertz CT molecular complexity index is 394. The van der Waals surface area contributed by atoms with E-state index in [4.69, 9.17) is 0 Å². The number of aromatic nitrogens is 2. The average Bonchev–Trinajstić information content (AvgIpc) is 2.21. The van der Waals surface area contributed by atoms with E-state index in [1.54, 1.807) is 0 Å². The molecule has 2 rings (SSSR count). The molecule has 1 aromatic heterocycles. The van der Waals surface area contributed by atoms with Gasteiger partial charge in [0.15, 0.2) is 0 Å². The molecule has 1 fully saturated rings. The third-order valence-electron chi connectivity index (χ3n) is 2.88. The van der Waals surface area contributed by atoms with Gasteiger partial charge < -0.3 is 10.2 Å². The van der Waals surface area contributed by atoms with Crippen LogP contribution in [-0.4, -0.2) is 35.1 Å². The van der Waals surface area contributed by atoms with E-state index < -0.39 is 5.92 Å². The summed E-state index contributed by atoms with van der Waals surface area (Å²) in [5.41, 5.74) is -0.149. The molecule has 0 aliphatic carbocycles. The van der Waals surface area contributed by atoms with Gasteiger partial charge in [0, 0.05) is 44.5 Å². The first-order valence-corrected chi connectivity index (χ1v) is 6.07. The van der Waals surface area contributed by atoms with E-state index in [1.807, 2.05) is 4.90 Å². The summed E-state index contributed by atoms with van der Waals surface area (Å²) in [6.07, 6.45) is 2.40. The van der Waals surface area contributed by atoms with Crippen LogP contribution < -0.4 is 10.2 Å². The van der Waals surface area contributed by atoms with Crippen LogP contribution in [0.3, 0.4) is 0 Å². The molecular formula is C12H18F2N4. The summed E-state index contributed by atoms with van der Waals surface area (Å²) < 4.78 is 26.0. The molecule has 0 amide bonds. The fraction of sp³-hybridized carbons (Fsp3) is 0.667. The number of anilines is 1. The number of rotatable bonds is 4. The monoisotopic (exact) mass is 256 g/mol. The molecule has 1 aliphatic rings. The number of hydrogen-bond donors (Lipinski definition) is 1. The molecule has 0 bridgehead atoms. The molecule has 0 atom stereocenters. The minimum atomic E-state index is -2.88. The van der Waals surface area contributed by atoms with Crippen molar-refractivity contribution in [2.75, 3.05) is 18.0 Å². The first-order chi connectivity index (χ1) is 8.36. The molecule has 4 nitrogen and oxygen atoms in total. The lowest BCUT2D eigenvalue weighted by molar-refractivity contribution is 0.0167. The van der Waals surface area contributed by atoms with Gasteiger partial charge in [-0.15, -0.1) is 0 Å². The lowest BCUT2D eigenvalue weighted by Crippen LogP contribution is -2.60. The van der Waals surface area contributed by atoms with E-state index in [2.05, 4.69) is 29.1 Å². The Hall–Kier alpha value is -1.30. The first-order valence-electron chi connectivity index (χ1n) is 6.07. The molecule has 0 unspecified atom stereocenters. The van der Waals surface area contributed by atoms with Crippen molar-refractivity contribution in [1.82, 2.24) is 15.3 Å². The third kappa shape index (κ3) is 2.93. The number of nitrogens with one attached hydrogen (secondary N) is 1. The zero-order valence-electron chi connectivity index (χ0n) is 10.8. The summed E-state index contributed by atoms with van der Waals surface area (Å²) in [6.45, 7) is 6.67. The quantitative estimate of drug-likeness (QED) is 0.891. The highest BCUT2D eigenvalue weighted by atomic mass is 19.3. The Morgan fingerprint density at radius 3 is 2.33 bits per heavy atom. The normalized spacial score (nSPS) is 17.1. The standard InChI is InChI=1S/C12H18F2N4/c1-8(2)17-10-6-18(7-10)11-15-4-9(5-16-11)12(3,13)14/h4-5,8,10,17H,6-7H2,1-3H3. The van der Waals surface area contributed by atoms with Crippen LogP contribution in [0.15, 0.2) is 12.4 Å². The molecule has 1 saturated heterocycles. The lowest BCUT2D eigenvalue weighted by atomic mass is 10.1. The zero-order valence-corrected chi connectivity index (χ0v) is 10.8. The van der Waals surface area contributed by atoms with Crippen LogP contribution in [0.5, 0.6) is 0 Å². The van der Waals surface area contributed by atoms with Crippen molar-refractivity contribution >= 4 is 5.95 Å². The maximum absolute atomic E-state index is 13.0. The summed E-state index contributed by atoms with van der Waals surface area (Å²) >= 11 is 0. The maximum Gasteiger partial charge on any atom is 0.273 e. The van der Waals surface area contributed by atoms with Gasteiger partial charge in [-0.25, -0.2) is 18.7 Å². The van der Waals surface area contributed by atoms with E-state index in [0.29, 0.717) is 18.0 Å². The summed E-state index contributed by atoms with van der Waals surface area (Å²) in [6, 6.07) is 0.875. The molecule has 6 heteroatoms. The van der Waals surface area contributed by atoms with Crippen LogP contribution in [0.25, 0.3) is 0 Å². The molecule has 1 aromatic rings. The topological polar surface area (TPSA) is 41.0 Å². The molecule has 0 radical (unpaired) electrons. The molecule has 18 heavy (non-hydrogen) atoms. The van der Waals surface area contributed by atoms with Crippen LogP contribution in [-0.2, 0) is 5.92 Å². The van der Waals surface area contributed by atoms with Gasteiger partial charge in [0.05, 0.1) is 5.56 Å². The Balaban J connectivity index is 1.93. The summed E-state index contributed by atoms with van der Waals surface area (Å²) in [5.74, 6) is -2.36. The van der Waals surface area contributed by atoms with Crippen molar-refractivity contribution in [3.05, 3.63) is 18.0 Å². The number of nitrogens with zero attached hydrogens (tertiary/aromatic N) is 3. The second kappa shape index (κ2) is 4.76. The van der Waals surface area contributed by atoms with Crippen LogP contribution in [0.4, 0.5) is 14.7 Å². The molecule has 0 aromatic carbocycles. The highest BCUT2D eigenvalue weighted by Crippen LogP contribution is 2.26. The van der Waals surface area contributed by atoms with Crippen molar-refractivity contribution < 1.29 is 8.78 Å². The van der Waals surface area contributed by atoms with Gasteiger partial charge in [-0.2, -0.15) is 0 Å². The predicted octanol–water partition coefficient (Wildman–Crippen LogP) is 1.77. The van der Waals surface area contributed by atoms with E-state index in [9.17, 15) is 8.78 Å². The highest BCUT2D eigenvalue weighted by molar-refractivity contribution is 5.35. The Kier molecular flexibility index (Phi) is 3.47. The van der Waals surface area contributed by atoms with Gasteiger partial charge in [0.2, 0.25) is 5.95 Å². The number of hydrogen-bond acceptors (Lipinski definition) is 4. The van der Waals surface area contributed by atoms with E-state index in [0.717, 1.165) is 20.0 Å². The van der Waals surface area contributed by atoms with Crippen LogP contribution in [0, 0.1) is 0 Å². The highest BCUT2D eigenvalue weighted by Gasteiger charge is 2.30. The fourth-order valence-corrected chi connectivity index (χ4v) is 1.93. The van der Waals surface area contributed by atoms with Gasteiger partial charge in [-0.1, -0.05) is 13.8 Å². The second-order valence-corrected chi connectivity index (χ2v) is 5.08. The smallest absolute Gasteiger partial charge is 0.273 e. The molecule has 2 heterocycles. The van der Waals surface area contributed by atoms with E-state index >= 15 is 0 Å². The summed E-state index contributed by atoms with van der Waals surface area (Å²) in [7, 11) is 0. The van der Waals surface area contributed by atoms with Crippen molar-refractivity contribution in [3.8, 4) is 0 Å². The van der Waals surface area contributed by atoms with Gasteiger partial charge in [0.1, 0.15) is 0 Å². The molecule has 1 N–H and O–H groups in total.